The van der Waals surface area contributed by atoms with Crippen LogP contribution in [-0.4, -0.2) is 0 Å². The normalized spacial score (nSPS) is 18.2. The van der Waals surface area contributed by atoms with Gasteiger partial charge in [-0.15, -0.1) is 0 Å². The van der Waals surface area contributed by atoms with E-state index in [0.29, 0.717) is 23.7 Å². The van der Waals surface area contributed by atoms with Crippen molar-refractivity contribution >= 4 is 11.1 Å². The predicted octanol–water partition coefficient (Wildman–Crippen LogP) is 10.6. The van der Waals surface area contributed by atoms with E-state index in [4.69, 9.17) is 0 Å². The highest BCUT2D eigenvalue weighted by Crippen LogP contribution is 2.47. The Morgan fingerprint density at radius 3 is 1.92 bits per heavy atom. The molecule has 0 radical (unpaired) electrons. The lowest BCUT2D eigenvalue weighted by Crippen LogP contribution is -2.08. The molecule has 1 fully saturated rings. The molecule has 37 heavy (non-hydrogen) atoms. The van der Waals surface area contributed by atoms with Crippen LogP contribution >= 0.6 is 0 Å². The maximum Gasteiger partial charge on any atom is 0.0240 e. The summed E-state index contributed by atoms with van der Waals surface area (Å²) in [6, 6.07) is 16.4. The molecule has 1 saturated carbocycles. The molecule has 0 saturated heterocycles. The Morgan fingerprint density at radius 2 is 1.41 bits per heavy atom. The second-order valence-electron chi connectivity index (χ2n) is 12.6. The van der Waals surface area contributed by atoms with E-state index in [1.54, 1.807) is 11.1 Å². The summed E-state index contributed by atoms with van der Waals surface area (Å²) in [4.78, 5) is 0. The summed E-state index contributed by atoms with van der Waals surface area (Å²) in [5, 5.41) is 0. The maximum atomic E-state index is 4.63. The topological polar surface area (TPSA) is 0 Å². The van der Waals surface area contributed by atoms with Crippen LogP contribution in [0, 0.1) is 23.7 Å². The number of rotatable bonds is 12. The van der Waals surface area contributed by atoms with Crippen LogP contribution in [0.4, 0.5) is 0 Å². The van der Waals surface area contributed by atoms with Gasteiger partial charge in [-0.1, -0.05) is 115 Å². The highest BCUT2D eigenvalue weighted by Gasteiger charge is 2.32. The molecule has 2 aromatic rings. The summed E-state index contributed by atoms with van der Waals surface area (Å²) in [5.74, 6) is 2.93. The van der Waals surface area contributed by atoms with Crippen molar-refractivity contribution in [1.29, 1.82) is 0 Å². The standard InChI is InChI=1S/C37H48/c1-9-26(6)31-10-14-33(15-11-31)37-23-35(32-12-13-32)22-36(37)28(8)18-27(7)34-20-29(16-24(2)3)19-30(21-34)17-25(4)5/h10-11,14-15,19-25,28,32,37H,6-7,9,12-13,16-18H2,1-5,8H3/t28-,37?/m1/s1. The van der Waals surface area contributed by atoms with Crippen LogP contribution in [0.25, 0.3) is 11.1 Å². The number of allylic oxidation sites excluding steroid dienone is 6. The van der Waals surface area contributed by atoms with E-state index in [2.05, 4.69) is 109 Å². The average molecular weight is 493 g/mol. The summed E-state index contributed by atoms with van der Waals surface area (Å²) >= 11 is 0. The third-order valence-electron chi connectivity index (χ3n) is 8.08. The van der Waals surface area contributed by atoms with Gasteiger partial charge in [0.05, 0.1) is 0 Å². The van der Waals surface area contributed by atoms with Crippen molar-refractivity contribution in [2.24, 2.45) is 23.7 Å². The third kappa shape index (κ3) is 7.04. The molecule has 1 unspecified atom stereocenters. The van der Waals surface area contributed by atoms with Crippen molar-refractivity contribution < 1.29 is 0 Å². The number of hydrogen-bond donors (Lipinski definition) is 0. The summed E-state index contributed by atoms with van der Waals surface area (Å²) < 4.78 is 0. The van der Waals surface area contributed by atoms with Crippen molar-refractivity contribution in [1.82, 2.24) is 0 Å². The van der Waals surface area contributed by atoms with Crippen molar-refractivity contribution in [3.8, 4) is 0 Å². The molecule has 2 aliphatic carbocycles. The summed E-state index contributed by atoms with van der Waals surface area (Å²) in [7, 11) is 0. The first-order valence-corrected chi connectivity index (χ1v) is 14.7. The van der Waals surface area contributed by atoms with Crippen molar-refractivity contribution in [2.45, 2.75) is 86.0 Å². The van der Waals surface area contributed by atoms with Gasteiger partial charge in [-0.2, -0.15) is 0 Å². The zero-order valence-electron chi connectivity index (χ0n) is 24.2. The fourth-order valence-corrected chi connectivity index (χ4v) is 5.91. The highest BCUT2D eigenvalue weighted by molar-refractivity contribution is 5.66. The Bertz CT molecular complexity index is 1150. The minimum Gasteiger partial charge on any atom is -0.0952 e. The van der Waals surface area contributed by atoms with Crippen molar-refractivity contribution in [3.05, 3.63) is 107 Å². The van der Waals surface area contributed by atoms with Crippen LogP contribution in [-0.2, 0) is 12.8 Å². The smallest absolute Gasteiger partial charge is 0.0240 e. The van der Waals surface area contributed by atoms with E-state index in [9.17, 15) is 0 Å². The molecule has 0 aromatic heterocycles. The monoisotopic (exact) mass is 492 g/mol. The van der Waals surface area contributed by atoms with Crippen molar-refractivity contribution in [2.75, 3.05) is 0 Å². The molecular formula is C37H48. The molecule has 2 atom stereocenters. The minimum atomic E-state index is 0.381. The first-order chi connectivity index (χ1) is 17.6. The van der Waals surface area contributed by atoms with E-state index in [-0.39, 0.29) is 0 Å². The van der Waals surface area contributed by atoms with Crippen LogP contribution in [0.3, 0.4) is 0 Å². The summed E-state index contributed by atoms with van der Waals surface area (Å²) in [6.45, 7) is 22.7. The van der Waals surface area contributed by atoms with Crippen LogP contribution in [0.15, 0.2) is 78.9 Å². The Kier molecular flexibility index (Phi) is 8.79. The molecule has 0 aliphatic heterocycles. The van der Waals surface area contributed by atoms with Crippen LogP contribution < -0.4 is 0 Å². The third-order valence-corrected chi connectivity index (χ3v) is 8.08. The first kappa shape index (κ1) is 27.4. The lowest BCUT2D eigenvalue weighted by atomic mass is 9.82. The highest BCUT2D eigenvalue weighted by atomic mass is 14.4. The van der Waals surface area contributed by atoms with Gasteiger partial charge in [0.25, 0.3) is 0 Å². The van der Waals surface area contributed by atoms with Crippen molar-refractivity contribution in [3.63, 3.8) is 0 Å². The van der Waals surface area contributed by atoms with Gasteiger partial charge in [0.1, 0.15) is 0 Å². The zero-order chi connectivity index (χ0) is 26.7. The largest absolute Gasteiger partial charge is 0.0952 e. The molecule has 0 bridgehead atoms. The maximum absolute atomic E-state index is 4.63. The Labute approximate surface area is 227 Å². The lowest BCUT2D eigenvalue weighted by Gasteiger charge is -2.23. The minimum absolute atomic E-state index is 0.381. The van der Waals surface area contributed by atoms with Crippen LogP contribution in [0.2, 0.25) is 0 Å². The van der Waals surface area contributed by atoms with E-state index in [0.717, 1.165) is 31.6 Å². The molecule has 0 heteroatoms. The van der Waals surface area contributed by atoms with Gasteiger partial charge in [0, 0.05) is 5.92 Å². The second kappa shape index (κ2) is 11.8. The molecule has 0 spiro atoms. The molecule has 0 N–H and O–H groups in total. The molecule has 2 aliphatic rings. The SMILES string of the molecule is C=C(CC)c1ccc(C2C=C(C3CC3)C=C2[C@H](C)CC(=C)c2cc(CC(C)C)cc(CC(C)C)c2)cc1. The van der Waals surface area contributed by atoms with E-state index in [1.807, 2.05) is 0 Å². The van der Waals surface area contributed by atoms with Crippen LogP contribution in [0.5, 0.6) is 0 Å². The molecule has 0 nitrogen and oxygen atoms in total. The van der Waals surface area contributed by atoms with Gasteiger partial charge in [0.2, 0.25) is 0 Å². The fourth-order valence-electron chi connectivity index (χ4n) is 5.91. The number of hydrogen-bond acceptors (Lipinski definition) is 0. The zero-order valence-corrected chi connectivity index (χ0v) is 24.2. The Hall–Kier alpha value is -2.60. The van der Waals surface area contributed by atoms with Gasteiger partial charge < -0.3 is 0 Å². The van der Waals surface area contributed by atoms with Gasteiger partial charge in [0.15, 0.2) is 0 Å². The Balaban J connectivity index is 1.56. The predicted molar refractivity (Wildman–Crippen MR) is 164 cm³/mol. The van der Waals surface area contributed by atoms with E-state index < -0.39 is 0 Å². The van der Waals surface area contributed by atoms with E-state index in [1.165, 1.54) is 51.8 Å². The first-order valence-electron chi connectivity index (χ1n) is 14.7. The van der Waals surface area contributed by atoms with Crippen LogP contribution in [0.1, 0.15) is 101 Å². The Morgan fingerprint density at radius 1 is 0.811 bits per heavy atom. The van der Waals surface area contributed by atoms with Gasteiger partial charge in [-0.3, -0.25) is 0 Å². The lowest BCUT2D eigenvalue weighted by molar-refractivity contribution is 0.635. The molecule has 0 heterocycles. The summed E-state index contributed by atoms with van der Waals surface area (Å²) in [5.41, 5.74) is 12.5. The number of benzene rings is 2. The average Bonchev–Trinajstić information content (AvgIpc) is 3.60. The van der Waals surface area contributed by atoms with Gasteiger partial charge in [-0.25, -0.2) is 0 Å². The van der Waals surface area contributed by atoms with Gasteiger partial charge in [-0.05, 0) is 107 Å². The molecule has 4 rings (SSSR count). The molecule has 0 amide bonds. The van der Waals surface area contributed by atoms with E-state index >= 15 is 0 Å². The van der Waals surface area contributed by atoms with Gasteiger partial charge >= 0.3 is 0 Å². The second-order valence-corrected chi connectivity index (χ2v) is 12.6. The quantitative estimate of drug-likeness (QED) is 0.276. The summed E-state index contributed by atoms with van der Waals surface area (Å²) in [6.07, 6.45) is 12.0. The molecular weight excluding hydrogens is 444 g/mol. The molecule has 2 aromatic carbocycles. The molecule has 196 valence electrons. The fraction of sp³-hybridized carbons (Fsp3) is 0.459.